The first kappa shape index (κ1) is 39.5. The van der Waals surface area contributed by atoms with Gasteiger partial charge in [-0.15, -0.1) is 11.8 Å². The van der Waals surface area contributed by atoms with Gasteiger partial charge >= 0.3 is 29.6 Å². The number of carboxylic acids is 2. The number of phenols is 2. The molecule has 2 aromatic carbocycles. The number of rotatable bonds is 9. The van der Waals surface area contributed by atoms with Crippen molar-refractivity contribution in [1.82, 2.24) is 20.9 Å². The molecule has 0 radical (unpaired) electrons. The number of aromatic hydroxyl groups is 2. The van der Waals surface area contributed by atoms with Crippen LogP contribution in [-0.2, 0) is 19.2 Å². The third-order valence-corrected chi connectivity index (χ3v) is 9.15. The number of amides is 3. The van der Waals surface area contributed by atoms with Crippen molar-refractivity contribution in [3.63, 3.8) is 0 Å². The molecular formula is C34H29N4NaO12S. The van der Waals surface area contributed by atoms with Gasteiger partial charge in [-0.25, -0.2) is 0 Å². The molecule has 3 amide bonds. The number of phenolic OH excluding ortho intramolecular Hbond substituents is 2. The van der Waals surface area contributed by atoms with E-state index in [4.69, 9.17) is 9.15 Å². The van der Waals surface area contributed by atoms with Gasteiger partial charge < -0.3 is 49.8 Å². The van der Waals surface area contributed by atoms with E-state index >= 15 is 0 Å². The van der Waals surface area contributed by atoms with Crippen LogP contribution in [0.2, 0.25) is 0 Å². The van der Waals surface area contributed by atoms with Crippen LogP contribution < -0.4 is 65.9 Å². The summed E-state index contributed by atoms with van der Waals surface area (Å²) < 4.78 is 10.6. The molecule has 0 bridgehead atoms. The number of hydrogen-bond donors (Lipinski definition) is 5. The van der Waals surface area contributed by atoms with Crippen LogP contribution in [0.15, 0.2) is 75.4 Å². The Labute approximate surface area is 321 Å². The molecule has 1 aromatic heterocycles. The van der Waals surface area contributed by atoms with Crippen molar-refractivity contribution >= 4 is 52.4 Å². The summed E-state index contributed by atoms with van der Waals surface area (Å²) in [6, 6.07) is 6.44. The van der Waals surface area contributed by atoms with Crippen LogP contribution in [-0.4, -0.2) is 69.1 Å². The van der Waals surface area contributed by atoms with E-state index in [0.717, 1.165) is 12.1 Å². The summed E-state index contributed by atoms with van der Waals surface area (Å²) in [5.41, 5.74) is -0.534. The Balaban J connectivity index is 0.000000362. The maximum atomic E-state index is 13.3. The van der Waals surface area contributed by atoms with Crippen molar-refractivity contribution in [2.75, 3.05) is 18.9 Å². The normalized spacial score (nSPS) is 17.5. The van der Waals surface area contributed by atoms with Crippen LogP contribution in [0.25, 0.3) is 11.0 Å². The zero-order valence-electron chi connectivity index (χ0n) is 27.9. The molecule has 5 N–H and O–H groups in total. The van der Waals surface area contributed by atoms with Gasteiger partial charge in [-0.3, -0.25) is 29.4 Å². The molecule has 16 nitrogen and oxygen atoms in total. The Kier molecular flexibility index (Phi) is 12.7. The van der Waals surface area contributed by atoms with E-state index in [1.165, 1.54) is 48.4 Å². The molecule has 18 heteroatoms. The number of hydrogen-bond acceptors (Lipinski definition) is 14. The number of allylic oxidation sites excluding steroid dienone is 1. The summed E-state index contributed by atoms with van der Waals surface area (Å²) in [6.45, 7) is 2.96. The molecule has 0 saturated carbocycles. The SMILES string of the molecule is C[C@@H]1C(=O)N2C(C(=O)[O-])=CCS[C@@H]12.Cc1oc2cc(O)c(O)cc2c(=O)c1C(=O)NC(C(=O)NC1=CCNC=[C+]1)c1ccc(OCC(=O)[O-])cc1.[Na+]. The van der Waals surface area contributed by atoms with Gasteiger partial charge in [0.05, 0.1) is 40.4 Å². The van der Waals surface area contributed by atoms with Crippen LogP contribution in [0, 0.1) is 18.9 Å². The van der Waals surface area contributed by atoms with E-state index < -0.39 is 58.9 Å². The van der Waals surface area contributed by atoms with Crippen LogP contribution >= 0.6 is 11.8 Å². The van der Waals surface area contributed by atoms with E-state index in [-0.39, 0.29) is 74.9 Å². The summed E-state index contributed by atoms with van der Waals surface area (Å²) in [6.07, 6.45) is 7.53. The van der Waals surface area contributed by atoms with Gasteiger partial charge in [-0.2, -0.15) is 0 Å². The first-order valence-corrected chi connectivity index (χ1v) is 16.2. The molecule has 3 aliphatic heterocycles. The molecule has 3 atom stereocenters. The number of nitrogens with one attached hydrogen (secondary N) is 3. The van der Waals surface area contributed by atoms with Crippen molar-refractivity contribution in [3.8, 4) is 17.2 Å². The van der Waals surface area contributed by atoms with Crippen molar-refractivity contribution < 1.29 is 83.1 Å². The molecule has 4 heterocycles. The molecule has 3 aliphatic rings. The minimum Gasteiger partial charge on any atom is -0.546 e. The summed E-state index contributed by atoms with van der Waals surface area (Å²) in [7, 11) is 0. The van der Waals surface area contributed by atoms with Crippen LogP contribution in [0.3, 0.4) is 0 Å². The van der Waals surface area contributed by atoms with Gasteiger partial charge in [0.15, 0.2) is 11.5 Å². The van der Waals surface area contributed by atoms with Gasteiger partial charge in [-0.05, 0) is 36.8 Å². The molecule has 6 rings (SSSR count). The second-order valence-electron chi connectivity index (χ2n) is 11.2. The van der Waals surface area contributed by atoms with Crippen molar-refractivity contribution in [1.29, 1.82) is 0 Å². The maximum absolute atomic E-state index is 13.3. The molecule has 52 heavy (non-hydrogen) atoms. The number of carbonyl (C=O) groups excluding carboxylic acids is 5. The zero-order valence-corrected chi connectivity index (χ0v) is 30.7. The second-order valence-corrected chi connectivity index (χ2v) is 12.4. The number of ether oxygens (including phenoxy) is 1. The third-order valence-electron chi connectivity index (χ3n) is 7.83. The van der Waals surface area contributed by atoms with E-state index in [1.807, 2.05) is 6.92 Å². The van der Waals surface area contributed by atoms with Gasteiger partial charge in [0, 0.05) is 11.8 Å². The fourth-order valence-corrected chi connectivity index (χ4v) is 6.51. The minimum absolute atomic E-state index is 0. The van der Waals surface area contributed by atoms with Gasteiger partial charge in [-0.1, -0.05) is 19.1 Å². The number of benzene rings is 2. The van der Waals surface area contributed by atoms with Gasteiger partial charge in [0.2, 0.25) is 11.3 Å². The summed E-state index contributed by atoms with van der Waals surface area (Å²) in [5.74, 6) is -4.75. The largest absolute Gasteiger partial charge is 1.00 e. The number of nitrogens with zero attached hydrogens (tertiary/aromatic N) is 1. The summed E-state index contributed by atoms with van der Waals surface area (Å²) in [4.78, 5) is 73.5. The summed E-state index contributed by atoms with van der Waals surface area (Å²) in [5, 5.41) is 48.7. The second kappa shape index (κ2) is 16.8. The molecule has 3 aromatic rings. The fraction of sp³-hybridized carbons (Fsp3) is 0.235. The maximum Gasteiger partial charge on any atom is 1.00 e. The van der Waals surface area contributed by atoms with E-state index in [1.54, 1.807) is 17.8 Å². The Morgan fingerprint density at radius 2 is 1.81 bits per heavy atom. The molecule has 264 valence electrons. The van der Waals surface area contributed by atoms with Gasteiger partial charge in [0.25, 0.3) is 17.5 Å². The Bertz CT molecular complexity index is 2080. The number of carboxylic acid groups (broad SMARTS) is 2. The number of aryl methyl sites for hydroxylation is 1. The first-order valence-electron chi connectivity index (χ1n) is 15.2. The molecule has 1 fully saturated rings. The smallest absolute Gasteiger partial charge is 0.546 e. The fourth-order valence-electron chi connectivity index (χ4n) is 5.28. The standard InChI is InChI=1S/C26H21N3O9.C8H9NO3S.Na/c1-13-22(24(34)17-10-18(30)19(31)11-20(17)38-13)25(35)29-23(26(36)28-15-6-8-27-9-7-15)14-2-4-16(5-3-14)37-12-21(32)33;1-4-6(10)9-5(8(11)12)2-3-13-7(4)9;/h2-6,9-11,23,27H,8,12H2,1H3,(H4-,28,29,30,31,32,33,34,35,36);2,4,7H,3H2,1H3,(H,11,12);/q;;+1/p-1/t;4-,7+;/m.1./s1. The number of thioether (sulfide) groups is 1. The average molecular weight is 741 g/mol. The quantitative estimate of drug-likeness (QED) is 0.0611. The van der Waals surface area contributed by atoms with Crippen LogP contribution in [0.1, 0.15) is 34.6 Å². The monoisotopic (exact) mass is 740 g/mol. The van der Waals surface area contributed by atoms with Gasteiger partial charge in [0.1, 0.15) is 54.1 Å². The topological polar surface area (TPSA) is 251 Å². The Hall–Kier alpha value is -5.32. The zero-order chi connectivity index (χ0) is 37.0. The number of fused-ring (bicyclic) bond motifs is 2. The third kappa shape index (κ3) is 8.58. The van der Waals surface area contributed by atoms with E-state index in [2.05, 4.69) is 22.0 Å². The Morgan fingerprint density at radius 1 is 1.12 bits per heavy atom. The molecular weight excluding hydrogens is 711 g/mol. The number of aliphatic carboxylic acids is 2. The molecule has 1 saturated heterocycles. The minimum atomic E-state index is -1.41. The molecule has 0 spiro atoms. The summed E-state index contributed by atoms with van der Waals surface area (Å²) >= 11 is 1.58. The van der Waals surface area contributed by atoms with Crippen LogP contribution in [0.5, 0.6) is 17.2 Å². The van der Waals surface area contributed by atoms with Crippen LogP contribution in [0.4, 0.5) is 0 Å². The number of carbonyl (C=O) groups is 5. The molecule has 0 aliphatic carbocycles. The van der Waals surface area contributed by atoms with Crippen molar-refractivity contribution in [2.45, 2.75) is 25.3 Å². The first-order chi connectivity index (χ1) is 24.3. The van der Waals surface area contributed by atoms with E-state index in [0.29, 0.717) is 23.6 Å². The Morgan fingerprint density at radius 3 is 2.44 bits per heavy atom. The molecule has 1 unspecified atom stereocenters. The average Bonchev–Trinajstić information content (AvgIpc) is 3.11. The van der Waals surface area contributed by atoms with E-state index in [9.17, 15) is 49.2 Å². The van der Waals surface area contributed by atoms with Crippen molar-refractivity contribution in [2.24, 2.45) is 5.92 Å². The number of dihydropyridines is 1. The van der Waals surface area contributed by atoms with Crippen molar-refractivity contribution in [3.05, 3.63) is 99.3 Å². The predicted octanol–water partition coefficient (Wildman–Crippen LogP) is -3.79. The number of β-lactam (4-membered cyclic amide) rings is 1. The predicted molar refractivity (Wildman–Crippen MR) is 175 cm³/mol.